The number of pyridine rings is 1. The van der Waals surface area contributed by atoms with Crippen LogP contribution in [0.5, 0.6) is 5.75 Å². The maximum atomic E-state index is 11.2. The Labute approximate surface area is 146 Å². The maximum Gasteiger partial charge on any atom is 0.294 e. The normalized spacial score (nSPS) is 18.2. The number of aromatic nitrogens is 1. The van der Waals surface area contributed by atoms with E-state index in [4.69, 9.17) is 9.29 Å². The summed E-state index contributed by atoms with van der Waals surface area (Å²) in [5.41, 5.74) is 1.52. The number of aryl methyl sites for hydroxylation is 1. The first-order valence-electron chi connectivity index (χ1n) is 7.99. The maximum absolute atomic E-state index is 11.2. The predicted octanol–water partition coefficient (Wildman–Crippen LogP) is 1.35. The van der Waals surface area contributed by atoms with Crippen molar-refractivity contribution in [1.29, 1.82) is 0 Å². The van der Waals surface area contributed by atoms with Crippen molar-refractivity contribution in [2.75, 3.05) is 13.1 Å². The molecule has 1 aliphatic rings. The number of hydrogen-bond donors (Lipinski definition) is 3. The molecule has 1 aromatic carbocycles. The second-order valence-corrected chi connectivity index (χ2v) is 7.41. The van der Waals surface area contributed by atoms with Crippen LogP contribution in [0.15, 0.2) is 47.6 Å². The van der Waals surface area contributed by atoms with E-state index >= 15 is 0 Å². The van der Waals surface area contributed by atoms with Crippen molar-refractivity contribution in [3.63, 3.8) is 0 Å². The van der Waals surface area contributed by atoms with Gasteiger partial charge in [0.15, 0.2) is 0 Å². The Morgan fingerprint density at radius 2 is 2.20 bits per heavy atom. The monoisotopic (exact) mass is 364 g/mol. The van der Waals surface area contributed by atoms with Gasteiger partial charge in [-0.3, -0.25) is 9.54 Å². The fourth-order valence-electron chi connectivity index (χ4n) is 2.80. The molecule has 2 aromatic rings. The number of fused-ring (bicyclic) bond motifs is 1. The van der Waals surface area contributed by atoms with E-state index in [2.05, 4.69) is 10.3 Å². The standard InChI is InChI=1S/C17H20N2O5S/c20-16(13-2-1-7-18-9-13)11-19-10-14-4-3-12-8-15(25(21,22)23)5-6-17(12)24-14/h1-2,5-9,14,16,19-20H,3-4,10-11H2,(H,21,22,23)/t14-,16+/m1/s1. The first kappa shape index (κ1) is 17.8. The summed E-state index contributed by atoms with van der Waals surface area (Å²) in [4.78, 5) is 3.86. The lowest BCUT2D eigenvalue weighted by molar-refractivity contribution is 0.146. The van der Waals surface area contributed by atoms with Gasteiger partial charge in [-0.1, -0.05) is 6.07 Å². The molecule has 3 N–H and O–H groups in total. The zero-order chi connectivity index (χ0) is 17.9. The number of aliphatic hydroxyl groups excluding tert-OH is 1. The quantitative estimate of drug-likeness (QED) is 0.664. The molecule has 1 aliphatic heterocycles. The van der Waals surface area contributed by atoms with Gasteiger partial charge in [-0.25, -0.2) is 0 Å². The minimum atomic E-state index is -4.20. The average Bonchev–Trinajstić information content (AvgIpc) is 2.61. The molecule has 0 unspecified atom stereocenters. The van der Waals surface area contributed by atoms with E-state index in [1.165, 1.54) is 12.1 Å². The van der Waals surface area contributed by atoms with Crippen molar-refractivity contribution >= 4 is 10.1 Å². The van der Waals surface area contributed by atoms with Crippen LogP contribution in [-0.4, -0.2) is 42.3 Å². The molecule has 0 aliphatic carbocycles. The summed E-state index contributed by atoms with van der Waals surface area (Å²) >= 11 is 0. The molecule has 0 saturated heterocycles. The highest BCUT2D eigenvalue weighted by Gasteiger charge is 2.22. The Bertz CT molecular complexity index is 826. The molecule has 0 spiro atoms. The van der Waals surface area contributed by atoms with Crippen LogP contribution >= 0.6 is 0 Å². The number of ether oxygens (including phenoxy) is 1. The third-order valence-corrected chi connectivity index (χ3v) is 4.99. The molecule has 0 saturated carbocycles. The van der Waals surface area contributed by atoms with Crippen LogP contribution in [0.1, 0.15) is 23.7 Å². The predicted molar refractivity (Wildman–Crippen MR) is 91.1 cm³/mol. The summed E-state index contributed by atoms with van der Waals surface area (Å²) < 4.78 is 37.3. The van der Waals surface area contributed by atoms with Gasteiger partial charge < -0.3 is 15.2 Å². The van der Waals surface area contributed by atoms with Crippen LogP contribution in [0, 0.1) is 0 Å². The molecule has 1 aromatic heterocycles. The van der Waals surface area contributed by atoms with E-state index in [0.717, 1.165) is 17.5 Å². The Hall–Kier alpha value is -2.00. The van der Waals surface area contributed by atoms with Gasteiger partial charge in [0.05, 0.1) is 11.0 Å². The lowest BCUT2D eigenvalue weighted by Crippen LogP contribution is -2.36. The number of rotatable bonds is 6. The lowest BCUT2D eigenvalue weighted by atomic mass is 10.0. The molecule has 2 heterocycles. The van der Waals surface area contributed by atoms with E-state index < -0.39 is 16.2 Å². The molecular weight excluding hydrogens is 344 g/mol. The zero-order valence-electron chi connectivity index (χ0n) is 13.5. The van der Waals surface area contributed by atoms with Gasteiger partial charge in [-0.2, -0.15) is 8.42 Å². The lowest BCUT2D eigenvalue weighted by Gasteiger charge is -2.27. The van der Waals surface area contributed by atoms with E-state index in [1.54, 1.807) is 24.5 Å². The first-order chi connectivity index (χ1) is 11.9. The molecular formula is C17H20N2O5S. The molecule has 0 amide bonds. The summed E-state index contributed by atoms with van der Waals surface area (Å²) in [6, 6.07) is 7.94. The van der Waals surface area contributed by atoms with Crippen molar-refractivity contribution in [3.05, 3.63) is 53.9 Å². The van der Waals surface area contributed by atoms with E-state index in [0.29, 0.717) is 25.3 Å². The highest BCUT2D eigenvalue weighted by atomic mass is 32.2. The van der Waals surface area contributed by atoms with Crippen LogP contribution < -0.4 is 10.1 Å². The summed E-state index contributed by atoms with van der Waals surface area (Å²) in [6.45, 7) is 0.955. The van der Waals surface area contributed by atoms with Crippen molar-refractivity contribution in [2.45, 2.75) is 29.9 Å². The van der Waals surface area contributed by atoms with Crippen LogP contribution in [0.3, 0.4) is 0 Å². The van der Waals surface area contributed by atoms with Gasteiger partial charge in [0.25, 0.3) is 10.1 Å². The summed E-state index contributed by atoms with van der Waals surface area (Å²) in [5, 5.41) is 13.3. The average molecular weight is 364 g/mol. The minimum absolute atomic E-state index is 0.0646. The van der Waals surface area contributed by atoms with Gasteiger partial charge in [0, 0.05) is 31.0 Å². The fraction of sp³-hybridized carbons (Fsp3) is 0.353. The van der Waals surface area contributed by atoms with Crippen LogP contribution in [0.2, 0.25) is 0 Å². The number of benzene rings is 1. The molecule has 0 bridgehead atoms. The van der Waals surface area contributed by atoms with Crippen molar-refractivity contribution < 1.29 is 22.8 Å². The Balaban J connectivity index is 1.53. The molecule has 134 valence electrons. The third-order valence-electron chi connectivity index (χ3n) is 4.14. The van der Waals surface area contributed by atoms with Crippen LogP contribution in [-0.2, 0) is 16.5 Å². The highest BCUT2D eigenvalue weighted by molar-refractivity contribution is 7.85. The largest absolute Gasteiger partial charge is 0.489 e. The number of nitrogens with one attached hydrogen (secondary N) is 1. The third kappa shape index (κ3) is 4.55. The summed E-state index contributed by atoms with van der Waals surface area (Å²) in [5.74, 6) is 0.623. The molecule has 0 fully saturated rings. The first-order valence-corrected chi connectivity index (χ1v) is 9.43. The Morgan fingerprint density at radius 1 is 1.36 bits per heavy atom. The second-order valence-electron chi connectivity index (χ2n) is 5.98. The Kier molecular flexibility index (Phi) is 5.33. The van der Waals surface area contributed by atoms with Gasteiger partial charge in [-0.05, 0) is 42.7 Å². The zero-order valence-corrected chi connectivity index (χ0v) is 14.3. The van der Waals surface area contributed by atoms with Gasteiger partial charge in [-0.15, -0.1) is 0 Å². The molecule has 25 heavy (non-hydrogen) atoms. The highest BCUT2D eigenvalue weighted by Crippen LogP contribution is 2.29. The van der Waals surface area contributed by atoms with Gasteiger partial charge in [0.1, 0.15) is 11.9 Å². The molecule has 0 radical (unpaired) electrons. The summed E-state index contributed by atoms with van der Waals surface area (Å²) in [6.07, 6.45) is 3.97. The van der Waals surface area contributed by atoms with Crippen molar-refractivity contribution in [1.82, 2.24) is 10.3 Å². The minimum Gasteiger partial charge on any atom is -0.489 e. The van der Waals surface area contributed by atoms with Crippen LogP contribution in [0.25, 0.3) is 0 Å². The van der Waals surface area contributed by atoms with E-state index in [1.807, 2.05) is 6.07 Å². The molecule has 8 heteroatoms. The second kappa shape index (κ2) is 7.49. The number of aliphatic hydroxyl groups is 1. The topological polar surface area (TPSA) is 109 Å². The fourth-order valence-corrected chi connectivity index (χ4v) is 3.33. The number of nitrogens with zero attached hydrogens (tertiary/aromatic N) is 1. The number of hydrogen-bond acceptors (Lipinski definition) is 6. The van der Waals surface area contributed by atoms with E-state index in [-0.39, 0.29) is 11.0 Å². The summed E-state index contributed by atoms with van der Waals surface area (Å²) in [7, 11) is -4.20. The van der Waals surface area contributed by atoms with Crippen LogP contribution in [0.4, 0.5) is 0 Å². The van der Waals surface area contributed by atoms with Crippen molar-refractivity contribution in [3.8, 4) is 5.75 Å². The molecule has 2 atom stereocenters. The Morgan fingerprint density at radius 3 is 2.92 bits per heavy atom. The molecule has 3 rings (SSSR count). The SMILES string of the molecule is O=S(=O)(O)c1ccc2c(c1)CC[C@H](CNC[C@H](O)c1cccnc1)O2. The van der Waals surface area contributed by atoms with Crippen molar-refractivity contribution in [2.24, 2.45) is 0 Å². The molecule has 7 nitrogen and oxygen atoms in total. The van der Waals surface area contributed by atoms with Gasteiger partial charge >= 0.3 is 0 Å². The smallest absolute Gasteiger partial charge is 0.294 e. The van der Waals surface area contributed by atoms with E-state index in [9.17, 15) is 13.5 Å². The van der Waals surface area contributed by atoms with Gasteiger partial charge in [0.2, 0.25) is 0 Å².